The monoisotopic (exact) mass is 176 g/mol. The molecule has 72 valence electrons. The van der Waals surface area contributed by atoms with Gasteiger partial charge in [-0.15, -0.1) is 0 Å². The molecule has 4 atom stereocenters. The smallest absolute Gasteiger partial charge is 0.0624 e. The SMILES string of the molecule is B1C2CCCCC2C2CCCCC12. The van der Waals surface area contributed by atoms with Gasteiger partial charge in [0.15, 0.2) is 0 Å². The van der Waals surface area contributed by atoms with Crippen LogP contribution in [0.2, 0.25) is 11.6 Å². The van der Waals surface area contributed by atoms with Crippen molar-refractivity contribution in [3.8, 4) is 0 Å². The summed E-state index contributed by atoms with van der Waals surface area (Å²) in [5.41, 5.74) is 0. The van der Waals surface area contributed by atoms with Gasteiger partial charge in [0.1, 0.15) is 7.28 Å². The molecule has 2 saturated carbocycles. The van der Waals surface area contributed by atoms with Crippen molar-refractivity contribution in [2.45, 2.75) is 63.0 Å². The van der Waals surface area contributed by atoms with E-state index >= 15 is 0 Å². The van der Waals surface area contributed by atoms with E-state index in [9.17, 15) is 0 Å². The van der Waals surface area contributed by atoms with Crippen LogP contribution in [0.4, 0.5) is 0 Å². The summed E-state index contributed by atoms with van der Waals surface area (Å²) in [6.07, 6.45) is 12.5. The van der Waals surface area contributed by atoms with Crippen molar-refractivity contribution < 1.29 is 0 Å². The molecular weight excluding hydrogens is 155 g/mol. The van der Waals surface area contributed by atoms with Crippen LogP contribution in [0.3, 0.4) is 0 Å². The van der Waals surface area contributed by atoms with E-state index in [0.717, 1.165) is 0 Å². The second-order valence-electron chi connectivity index (χ2n) is 5.65. The van der Waals surface area contributed by atoms with Crippen molar-refractivity contribution in [1.29, 1.82) is 0 Å². The quantitative estimate of drug-likeness (QED) is 0.496. The Morgan fingerprint density at radius 2 is 1.08 bits per heavy atom. The molecule has 3 fully saturated rings. The summed E-state index contributed by atoms with van der Waals surface area (Å²) in [6, 6.07) is 0. The van der Waals surface area contributed by atoms with E-state index in [-0.39, 0.29) is 0 Å². The predicted octanol–water partition coefficient (Wildman–Crippen LogP) is 3.39. The van der Waals surface area contributed by atoms with E-state index in [1.165, 1.54) is 23.5 Å². The van der Waals surface area contributed by atoms with Crippen molar-refractivity contribution in [3.05, 3.63) is 0 Å². The van der Waals surface area contributed by atoms with Crippen LogP contribution in [0, 0.1) is 11.8 Å². The van der Waals surface area contributed by atoms with Crippen LogP contribution < -0.4 is 0 Å². The Morgan fingerprint density at radius 1 is 0.615 bits per heavy atom. The van der Waals surface area contributed by atoms with Crippen molar-refractivity contribution in [3.63, 3.8) is 0 Å². The molecule has 0 bridgehead atoms. The molecule has 4 unspecified atom stereocenters. The maximum absolute atomic E-state index is 1.62. The first-order valence-corrected chi connectivity index (χ1v) is 6.45. The van der Waals surface area contributed by atoms with E-state index in [1.807, 2.05) is 0 Å². The van der Waals surface area contributed by atoms with Gasteiger partial charge in [-0.3, -0.25) is 0 Å². The highest BCUT2D eigenvalue weighted by molar-refractivity contribution is 6.41. The average molecular weight is 176 g/mol. The minimum absolute atomic E-state index is 1.17. The Morgan fingerprint density at radius 3 is 1.62 bits per heavy atom. The molecule has 1 aliphatic heterocycles. The largest absolute Gasteiger partial charge is 0.128 e. The predicted molar refractivity (Wildman–Crippen MR) is 58.6 cm³/mol. The van der Waals surface area contributed by atoms with Gasteiger partial charge in [-0.2, -0.15) is 0 Å². The lowest BCUT2D eigenvalue weighted by Gasteiger charge is -2.33. The molecule has 3 aliphatic rings. The summed E-state index contributed by atoms with van der Waals surface area (Å²) >= 11 is 0. The van der Waals surface area contributed by atoms with Gasteiger partial charge in [0.2, 0.25) is 0 Å². The molecule has 1 saturated heterocycles. The van der Waals surface area contributed by atoms with Gasteiger partial charge in [0, 0.05) is 0 Å². The Hall–Kier alpha value is 0.0649. The fraction of sp³-hybridized carbons (Fsp3) is 1.00. The summed E-state index contributed by atoms with van der Waals surface area (Å²) in [4.78, 5) is 0. The lowest BCUT2D eigenvalue weighted by Crippen LogP contribution is -2.19. The van der Waals surface area contributed by atoms with Crippen LogP contribution in [-0.2, 0) is 0 Å². The Bertz CT molecular complexity index is 170. The third-order valence-electron chi connectivity index (χ3n) is 5.09. The fourth-order valence-corrected chi connectivity index (χ4v) is 4.57. The van der Waals surface area contributed by atoms with Gasteiger partial charge in [-0.25, -0.2) is 0 Å². The molecule has 13 heavy (non-hydrogen) atoms. The molecule has 0 radical (unpaired) electrons. The zero-order valence-corrected chi connectivity index (χ0v) is 8.67. The first kappa shape index (κ1) is 8.38. The minimum atomic E-state index is 1.17. The molecule has 0 aromatic carbocycles. The van der Waals surface area contributed by atoms with E-state index in [2.05, 4.69) is 0 Å². The highest BCUT2D eigenvalue weighted by Crippen LogP contribution is 2.55. The summed E-state index contributed by atoms with van der Waals surface area (Å²) in [6.45, 7) is 0. The molecule has 2 aliphatic carbocycles. The lowest BCUT2D eigenvalue weighted by atomic mass is 9.55. The Balaban J connectivity index is 1.76. The van der Waals surface area contributed by atoms with Crippen molar-refractivity contribution in [2.75, 3.05) is 0 Å². The standard InChI is InChI=1S/C12H21B/c1-3-7-11-9(5-1)10-6-2-4-8-12(10)13-11/h9-13H,1-8H2. The molecule has 1 heterocycles. The van der Waals surface area contributed by atoms with Crippen molar-refractivity contribution >= 4 is 7.28 Å². The maximum Gasteiger partial charge on any atom is 0.128 e. The molecule has 3 rings (SSSR count). The molecule has 0 aromatic rings. The van der Waals surface area contributed by atoms with Gasteiger partial charge in [-0.05, 0) is 11.8 Å². The van der Waals surface area contributed by atoms with Gasteiger partial charge in [0.05, 0.1) is 0 Å². The first-order chi connectivity index (χ1) is 6.45. The zero-order valence-electron chi connectivity index (χ0n) is 8.67. The van der Waals surface area contributed by atoms with E-state index in [4.69, 9.17) is 0 Å². The second kappa shape index (κ2) is 3.33. The molecule has 1 heteroatoms. The van der Waals surface area contributed by atoms with Crippen LogP contribution in [0.1, 0.15) is 51.4 Å². The van der Waals surface area contributed by atoms with Crippen LogP contribution in [0.25, 0.3) is 0 Å². The van der Waals surface area contributed by atoms with Crippen molar-refractivity contribution in [2.24, 2.45) is 11.8 Å². The molecule has 0 amide bonds. The summed E-state index contributed by atoms with van der Waals surface area (Å²) in [7, 11) is 1.62. The van der Waals surface area contributed by atoms with E-state index in [1.54, 1.807) is 58.6 Å². The Kier molecular flexibility index (Phi) is 2.15. The van der Waals surface area contributed by atoms with Gasteiger partial charge in [-0.1, -0.05) is 63.0 Å². The normalized spacial score (nSPS) is 49.2. The number of fused-ring (bicyclic) bond motifs is 3. The number of rotatable bonds is 0. The Labute approximate surface area is 82.7 Å². The highest BCUT2D eigenvalue weighted by atomic mass is 14.4. The van der Waals surface area contributed by atoms with Crippen LogP contribution in [-0.4, -0.2) is 7.28 Å². The van der Waals surface area contributed by atoms with Gasteiger partial charge in [0.25, 0.3) is 0 Å². The third-order valence-corrected chi connectivity index (χ3v) is 5.09. The first-order valence-electron chi connectivity index (χ1n) is 6.45. The molecular formula is C12H21B. The van der Waals surface area contributed by atoms with Crippen molar-refractivity contribution in [1.82, 2.24) is 0 Å². The molecule has 0 aromatic heterocycles. The third kappa shape index (κ3) is 1.35. The fourth-order valence-electron chi connectivity index (χ4n) is 4.57. The summed E-state index contributed by atoms with van der Waals surface area (Å²) in [5.74, 6) is 4.70. The number of hydrogen-bond donors (Lipinski definition) is 0. The van der Waals surface area contributed by atoms with E-state index < -0.39 is 0 Å². The van der Waals surface area contributed by atoms with Gasteiger partial charge < -0.3 is 0 Å². The van der Waals surface area contributed by atoms with Crippen LogP contribution >= 0.6 is 0 Å². The second-order valence-corrected chi connectivity index (χ2v) is 5.65. The lowest BCUT2D eigenvalue weighted by molar-refractivity contribution is 0.226. The maximum atomic E-state index is 1.62. The summed E-state index contributed by atoms with van der Waals surface area (Å²) in [5, 5.41) is 0. The molecule has 0 spiro atoms. The highest BCUT2D eigenvalue weighted by Gasteiger charge is 2.44. The van der Waals surface area contributed by atoms with Crippen LogP contribution in [0.5, 0.6) is 0 Å². The topological polar surface area (TPSA) is 0 Å². The van der Waals surface area contributed by atoms with Gasteiger partial charge >= 0.3 is 0 Å². The molecule has 0 N–H and O–H groups in total. The minimum Gasteiger partial charge on any atom is -0.0624 e. The number of hydrogen-bond acceptors (Lipinski definition) is 0. The average Bonchev–Trinajstić information content (AvgIpc) is 2.56. The van der Waals surface area contributed by atoms with E-state index in [0.29, 0.717) is 0 Å². The van der Waals surface area contributed by atoms with Crippen LogP contribution in [0.15, 0.2) is 0 Å². The summed E-state index contributed by atoms with van der Waals surface area (Å²) < 4.78 is 0. The molecule has 0 nitrogen and oxygen atoms in total. The zero-order chi connectivity index (χ0) is 8.67.